The number of carbonyl (C=O) groups is 6. The van der Waals surface area contributed by atoms with Crippen molar-refractivity contribution in [2.45, 2.75) is 214 Å². The van der Waals surface area contributed by atoms with Crippen LogP contribution in [0.4, 0.5) is 0 Å². The van der Waals surface area contributed by atoms with Crippen LogP contribution in [-0.4, -0.2) is 345 Å². The molecule has 15 atom stereocenters. The predicted octanol–water partition coefficient (Wildman–Crippen LogP) is -4.81. The number of hydrogen-bond donors (Lipinski definition) is 16. The molecule has 35 nitrogen and oxygen atoms in total. The molecule has 0 aromatic heterocycles. The van der Waals surface area contributed by atoms with E-state index in [9.17, 15) is 90.0 Å². The maximum absolute atomic E-state index is 13.9. The minimum Gasteiger partial charge on any atom is -0.463 e. The minimum atomic E-state index is -1.72. The molecule has 16 N–H and O–H groups in total. The summed E-state index contributed by atoms with van der Waals surface area (Å²) in [4.78, 5) is 78.1. The molecule has 3 fully saturated rings. The molecule has 36 heteroatoms. The highest BCUT2D eigenvalue weighted by Gasteiger charge is 2.46. The smallest absolute Gasteiger partial charge is 0.306 e. The highest BCUT2D eigenvalue weighted by molar-refractivity contribution is 8.13. The third kappa shape index (κ3) is 38.1. The van der Waals surface area contributed by atoms with Crippen molar-refractivity contribution in [2.24, 2.45) is 0 Å². The molecule has 0 aliphatic carbocycles. The van der Waals surface area contributed by atoms with Gasteiger partial charge in [0.2, 0.25) is 23.6 Å². The van der Waals surface area contributed by atoms with Crippen LogP contribution in [0.25, 0.3) is 0 Å². The third-order valence-corrected chi connectivity index (χ3v) is 17.1. The summed E-state index contributed by atoms with van der Waals surface area (Å²) >= 11 is 1.41. The fourth-order valence-corrected chi connectivity index (χ4v) is 11.1. The number of aliphatic hydroxyl groups is 12. The van der Waals surface area contributed by atoms with E-state index < -0.39 is 160 Å². The van der Waals surface area contributed by atoms with Gasteiger partial charge >= 0.3 is 5.97 Å². The molecular weight excluding hydrogens is 1340 g/mol. The quantitative estimate of drug-likeness (QED) is 0.0201. The summed E-state index contributed by atoms with van der Waals surface area (Å²) in [5.74, 6) is -2.45. The summed E-state index contributed by atoms with van der Waals surface area (Å²) in [5.41, 5.74) is -1.55. The molecule has 0 aromatic rings. The number of unbranched alkanes of at least 4 members (excludes halogenated alkanes) is 8. The fourth-order valence-electron chi connectivity index (χ4n) is 10.4. The first-order valence-electron chi connectivity index (χ1n) is 34.3. The predicted molar refractivity (Wildman–Crippen MR) is 347 cm³/mol. The minimum absolute atomic E-state index is 0.00787. The van der Waals surface area contributed by atoms with E-state index in [1.165, 1.54) is 50.3 Å². The van der Waals surface area contributed by atoms with Crippen LogP contribution in [0.2, 0.25) is 0 Å². The van der Waals surface area contributed by atoms with Crippen LogP contribution in [0.5, 0.6) is 0 Å². The van der Waals surface area contributed by atoms with E-state index in [1.54, 1.807) is 6.92 Å². The largest absolute Gasteiger partial charge is 0.463 e. The first-order chi connectivity index (χ1) is 47.7. The van der Waals surface area contributed by atoms with Crippen LogP contribution in [0.1, 0.15) is 116 Å². The van der Waals surface area contributed by atoms with Crippen molar-refractivity contribution < 1.29 is 152 Å². The second-order valence-corrected chi connectivity index (χ2v) is 25.3. The standard InChI is InChI=1S/C63H114N4O31S/c1-42(71)99-38-10-8-6-4-2-3-5-7-9-22-86-26-27-87-28-29-88-30-31-89-32-33-90-34-35-91-36-37-92-50(76)12-11-49(75)67-63(16-13-46(72)64-19-23-93-60-57(83)54(80)51(77)43(39-68)96-60,17-14-47(73)65-20-24-94-61-58(84)55(81)52(78)44(40-69)97-61)18-15-48(74)66-21-25-95-62-59(85)56(82)53(79)45(41-70)98-62/h43-45,51-62,68-70,77-85H,2-41H2,1H3,(H,64,72)(H,65,73)(H,66,74)(H,67,75)/t43-,44-,45-,51-,52-,53-,54+,55+,56+,57+,58+,59+,60+,61+,62+/m1/s1. The summed E-state index contributed by atoms with van der Waals surface area (Å²) in [6.45, 7) is 2.26. The van der Waals surface area contributed by atoms with Crippen LogP contribution >= 0.6 is 11.8 Å². The molecule has 3 aliphatic rings. The van der Waals surface area contributed by atoms with Crippen LogP contribution in [0, 0.1) is 0 Å². The van der Waals surface area contributed by atoms with Gasteiger partial charge in [-0.2, -0.15) is 0 Å². The van der Waals surface area contributed by atoms with Crippen molar-refractivity contribution in [3.63, 3.8) is 0 Å². The Morgan fingerprint density at radius 3 is 1.01 bits per heavy atom. The number of ether oxygens (including phenoxy) is 13. The summed E-state index contributed by atoms with van der Waals surface area (Å²) in [5, 5.41) is 131. The zero-order chi connectivity index (χ0) is 72.6. The van der Waals surface area contributed by atoms with Gasteiger partial charge in [-0.1, -0.05) is 56.7 Å². The van der Waals surface area contributed by atoms with Crippen molar-refractivity contribution in [1.82, 2.24) is 21.3 Å². The Morgan fingerprint density at radius 1 is 0.364 bits per heavy atom. The van der Waals surface area contributed by atoms with Gasteiger partial charge in [-0.3, -0.25) is 28.8 Å². The highest BCUT2D eigenvalue weighted by Crippen LogP contribution is 2.28. The Labute approximate surface area is 582 Å². The van der Waals surface area contributed by atoms with Gasteiger partial charge in [-0.05, 0) is 32.1 Å². The van der Waals surface area contributed by atoms with Gasteiger partial charge in [0.1, 0.15) is 79.9 Å². The number of carbonyl (C=O) groups excluding carboxylic acids is 6. The fraction of sp³-hybridized carbons (Fsp3) is 0.905. The summed E-state index contributed by atoms with van der Waals surface area (Å²) < 4.78 is 71.0. The Kier molecular flexibility index (Phi) is 49.0. The molecule has 3 heterocycles. The molecule has 3 rings (SSSR count). The first-order valence-corrected chi connectivity index (χ1v) is 35.3. The second kappa shape index (κ2) is 54.1. The lowest BCUT2D eigenvalue weighted by atomic mass is 9.83. The van der Waals surface area contributed by atoms with Crippen LogP contribution in [-0.2, 0) is 90.3 Å². The van der Waals surface area contributed by atoms with Crippen molar-refractivity contribution >= 4 is 46.5 Å². The normalized spacial score (nSPS) is 25.6. The lowest BCUT2D eigenvalue weighted by Gasteiger charge is -2.39. The molecule has 0 aromatic carbocycles. The van der Waals surface area contributed by atoms with Crippen molar-refractivity contribution in [2.75, 3.05) is 151 Å². The number of aliphatic hydroxyl groups excluding tert-OH is 12. The number of hydrogen-bond acceptors (Lipinski definition) is 32. The van der Waals surface area contributed by atoms with Gasteiger partial charge in [0.05, 0.1) is 119 Å². The molecule has 0 spiro atoms. The number of nitrogens with one attached hydrogen (secondary N) is 4. The Morgan fingerprint density at radius 2 is 0.677 bits per heavy atom. The molecule has 0 saturated carbocycles. The van der Waals surface area contributed by atoms with E-state index in [0.717, 1.165) is 31.6 Å². The molecule has 0 unspecified atom stereocenters. The maximum Gasteiger partial charge on any atom is 0.306 e. The van der Waals surface area contributed by atoms with Crippen LogP contribution in [0.3, 0.4) is 0 Å². The summed E-state index contributed by atoms with van der Waals surface area (Å²) in [7, 11) is 0. The number of amides is 4. The SMILES string of the molecule is CC(=O)SCCCCCCCCCCCOCCOCCOCCOCCOCCOCCOC(=O)CCC(=O)NC(CCC(=O)NCCO[C@H]1O[C@H](CO)[C@@H](O)[C@H](O)[C@@H]1O)(CCC(=O)NCCO[C@H]1O[C@H](CO)[C@@H](O)[C@H](O)[C@@H]1O)CCC(=O)NCCO[C@H]1O[C@H](CO)[C@@H](O)[C@H](O)[C@@H]1O. The van der Waals surface area contributed by atoms with E-state index in [1.807, 2.05) is 0 Å². The monoisotopic (exact) mass is 1450 g/mol. The zero-order valence-electron chi connectivity index (χ0n) is 57.0. The van der Waals surface area contributed by atoms with Crippen molar-refractivity contribution in [3.05, 3.63) is 0 Å². The molecule has 578 valence electrons. The highest BCUT2D eigenvalue weighted by atomic mass is 32.2. The maximum atomic E-state index is 13.9. The van der Waals surface area contributed by atoms with Gasteiger partial charge in [-0.15, -0.1) is 0 Å². The number of thioether (sulfide) groups is 1. The van der Waals surface area contributed by atoms with Crippen LogP contribution in [0.15, 0.2) is 0 Å². The van der Waals surface area contributed by atoms with E-state index in [-0.39, 0.29) is 110 Å². The number of rotatable bonds is 58. The molecule has 3 aliphatic heterocycles. The van der Waals surface area contributed by atoms with Gasteiger partial charge < -0.3 is 144 Å². The summed E-state index contributed by atoms with van der Waals surface area (Å²) in [6.07, 6.45) is -15.4. The second-order valence-electron chi connectivity index (χ2n) is 24.0. The van der Waals surface area contributed by atoms with Crippen molar-refractivity contribution in [1.29, 1.82) is 0 Å². The van der Waals surface area contributed by atoms with E-state index in [4.69, 9.17) is 61.6 Å². The van der Waals surface area contributed by atoms with Crippen molar-refractivity contribution in [3.8, 4) is 0 Å². The topological polar surface area (TPSA) is 513 Å². The summed E-state index contributed by atoms with van der Waals surface area (Å²) in [6, 6.07) is 0. The van der Waals surface area contributed by atoms with Gasteiger partial charge in [0.15, 0.2) is 24.0 Å². The molecule has 0 bridgehead atoms. The molecule has 4 amide bonds. The van der Waals surface area contributed by atoms with Crippen LogP contribution < -0.4 is 21.3 Å². The average Bonchev–Trinajstić information content (AvgIpc) is 0.842. The number of esters is 1. The van der Waals surface area contributed by atoms with E-state index >= 15 is 0 Å². The molecule has 99 heavy (non-hydrogen) atoms. The lowest BCUT2D eigenvalue weighted by Crippen LogP contribution is -2.59. The average molecular weight is 1460 g/mol. The van der Waals surface area contributed by atoms with Gasteiger partial charge in [0.25, 0.3) is 0 Å². The lowest BCUT2D eigenvalue weighted by molar-refractivity contribution is -0.300. The van der Waals surface area contributed by atoms with E-state index in [0.29, 0.717) is 52.9 Å². The first kappa shape index (κ1) is 89.6. The Hall–Kier alpha value is -3.59. The molecule has 0 radical (unpaired) electrons. The van der Waals surface area contributed by atoms with E-state index in [2.05, 4.69) is 21.3 Å². The Balaban J connectivity index is 1.45. The van der Waals surface area contributed by atoms with Gasteiger partial charge in [-0.25, -0.2) is 0 Å². The zero-order valence-corrected chi connectivity index (χ0v) is 57.8. The molecular formula is C63H114N4O31S. The van der Waals surface area contributed by atoms with Gasteiger partial charge in [0, 0.05) is 70.1 Å². The third-order valence-electron chi connectivity index (χ3n) is 16.2. The molecule has 3 saturated heterocycles. The Bertz CT molecular complexity index is 2020.